The number of carbonyl (C=O) groups excluding carboxylic acids is 2. The van der Waals surface area contributed by atoms with E-state index < -0.39 is 12.0 Å². The number of ether oxygens (including phenoxy) is 2. The Morgan fingerprint density at radius 1 is 1.15 bits per heavy atom. The van der Waals surface area contributed by atoms with Crippen LogP contribution >= 0.6 is 0 Å². The standard InChI is InChI=1S/C19H18N2O6/c1-2-26-13-4-6-14(7-5-13)27-16-8-3-12(18(23)24)11-15(16)21-10-9-17(22)20-19(21)25/h3-8,11H,2,9-10H2,1H3,(H,23,24)(H,20,22,25). The van der Waals surface area contributed by atoms with Crippen molar-refractivity contribution in [1.29, 1.82) is 0 Å². The Morgan fingerprint density at radius 3 is 2.48 bits per heavy atom. The maximum Gasteiger partial charge on any atom is 0.335 e. The van der Waals surface area contributed by atoms with Gasteiger partial charge in [0.2, 0.25) is 5.91 Å². The summed E-state index contributed by atoms with van der Waals surface area (Å²) in [6.07, 6.45) is 0.117. The van der Waals surface area contributed by atoms with Crippen molar-refractivity contribution in [3.8, 4) is 17.2 Å². The van der Waals surface area contributed by atoms with E-state index in [1.54, 1.807) is 24.3 Å². The normalized spacial score (nSPS) is 13.9. The number of rotatable bonds is 6. The highest BCUT2D eigenvalue weighted by Gasteiger charge is 2.27. The summed E-state index contributed by atoms with van der Waals surface area (Å²) < 4.78 is 11.2. The molecule has 27 heavy (non-hydrogen) atoms. The van der Waals surface area contributed by atoms with Gasteiger partial charge in [-0.15, -0.1) is 0 Å². The number of nitrogens with zero attached hydrogens (tertiary/aromatic N) is 1. The SMILES string of the molecule is CCOc1ccc(Oc2ccc(C(=O)O)cc2N2CCC(=O)NC2=O)cc1. The Kier molecular flexibility index (Phi) is 5.25. The first-order valence-corrected chi connectivity index (χ1v) is 8.37. The van der Waals surface area contributed by atoms with Gasteiger partial charge in [0.15, 0.2) is 5.75 Å². The van der Waals surface area contributed by atoms with Crippen molar-refractivity contribution in [3.63, 3.8) is 0 Å². The maximum absolute atomic E-state index is 12.2. The average molecular weight is 370 g/mol. The summed E-state index contributed by atoms with van der Waals surface area (Å²) in [5, 5.41) is 11.5. The first kappa shape index (κ1) is 18.2. The fourth-order valence-corrected chi connectivity index (χ4v) is 2.64. The Bertz CT molecular complexity index is 878. The van der Waals surface area contributed by atoms with E-state index in [0.717, 1.165) is 0 Å². The molecule has 0 radical (unpaired) electrons. The van der Waals surface area contributed by atoms with Crippen LogP contribution in [0.25, 0.3) is 0 Å². The number of anilines is 1. The number of carboxylic acid groups (broad SMARTS) is 1. The molecule has 8 nitrogen and oxygen atoms in total. The molecule has 0 aromatic heterocycles. The average Bonchev–Trinajstić information content (AvgIpc) is 2.64. The smallest absolute Gasteiger partial charge is 0.335 e. The van der Waals surface area contributed by atoms with Gasteiger partial charge in [0.25, 0.3) is 0 Å². The molecule has 1 aliphatic rings. The van der Waals surface area contributed by atoms with Crippen molar-refractivity contribution < 1.29 is 29.0 Å². The van der Waals surface area contributed by atoms with Crippen LogP contribution in [0.4, 0.5) is 10.5 Å². The van der Waals surface area contributed by atoms with Crippen molar-refractivity contribution in [1.82, 2.24) is 5.32 Å². The quantitative estimate of drug-likeness (QED) is 0.810. The third-order valence-corrected chi connectivity index (χ3v) is 3.91. The maximum atomic E-state index is 12.2. The minimum absolute atomic E-state index is 0.00810. The number of aromatic carboxylic acids is 1. The molecule has 0 unspecified atom stereocenters. The fraction of sp³-hybridized carbons (Fsp3) is 0.211. The topological polar surface area (TPSA) is 105 Å². The van der Waals surface area contributed by atoms with Gasteiger partial charge in [0.05, 0.1) is 17.9 Å². The molecular formula is C19H18N2O6. The summed E-state index contributed by atoms with van der Waals surface area (Å²) in [4.78, 5) is 36.2. The predicted molar refractivity (Wildman–Crippen MR) is 96.6 cm³/mol. The number of hydrogen-bond acceptors (Lipinski definition) is 5. The van der Waals surface area contributed by atoms with Crippen LogP contribution in [0.3, 0.4) is 0 Å². The van der Waals surface area contributed by atoms with Crippen LogP contribution in [0.15, 0.2) is 42.5 Å². The molecule has 3 amide bonds. The lowest BCUT2D eigenvalue weighted by molar-refractivity contribution is -0.120. The van der Waals surface area contributed by atoms with Crippen molar-refractivity contribution in [2.24, 2.45) is 0 Å². The fourth-order valence-electron chi connectivity index (χ4n) is 2.64. The van der Waals surface area contributed by atoms with Crippen LogP contribution in [0, 0.1) is 0 Å². The number of amides is 3. The van der Waals surface area contributed by atoms with E-state index in [-0.39, 0.29) is 30.1 Å². The molecule has 1 fully saturated rings. The Morgan fingerprint density at radius 2 is 1.85 bits per heavy atom. The van der Waals surface area contributed by atoms with E-state index in [4.69, 9.17) is 9.47 Å². The van der Waals surface area contributed by atoms with Gasteiger partial charge in [-0.3, -0.25) is 15.0 Å². The summed E-state index contributed by atoms with van der Waals surface area (Å²) in [5.41, 5.74) is 0.280. The van der Waals surface area contributed by atoms with E-state index in [9.17, 15) is 19.5 Å². The lowest BCUT2D eigenvalue weighted by Crippen LogP contribution is -2.49. The summed E-state index contributed by atoms with van der Waals surface area (Å²) in [6.45, 7) is 2.56. The molecule has 1 aliphatic heterocycles. The number of imide groups is 1. The number of carbonyl (C=O) groups is 3. The molecule has 1 heterocycles. The molecule has 0 bridgehead atoms. The van der Waals surface area contributed by atoms with E-state index in [1.807, 2.05) is 6.92 Å². The summed E-state index contributed by atoms with van der Waals surface area (Å²) >= 11 is 0. The highest BCUT2D eigenvalue weighted by Crippen LogP contribution is 2.35. The number of urea groups is 1. The van der Waals surface area contributed by atoms with Crippen molar-refractivity contribution in [2.45, 2.75) is 13.3 Å². The molecule has 0 spiro atoms. The first-order valence-electron chi connectivity index (χ1n) is 8.37. The van der Waals surface area contributed by atoms with E-state index in [2.05, 4.69) is 5.32 Å². The minimum Gasteiger partial charge on any atom is -0.494 e. The number of hydrogen-bond donors (Lipinski definition) is 2. The molecule has 3 rings (SSSR count). The van der Waals surface area contributed by atoms with Crippen LogP contribution in [0.1, 0.15) is 23.7 Å². The molecule has 0 atom stereocenters. The first-order chi connectivity index (χ1) is 13.0. The molecule has 0 saturated carbocycles. The Hall–Kier alpha value is -3.55. The largest absolute Gasteiger partial charge is 0.494 e. The minimum atomic E-state index is -1.13. The van der Waals surface area contributed by atoms with Gasteiger partial charge in [-0.25, -0.2) is 9.59 Å². The second-order valence-corrected chi connectivity index (χ2v) is 5.75. The van der Waals surface area contributed by atoms with Crippen LogP contribution in [0.5, 0.6) is 17.2 Å². The molecule has 8 heteroatoms. The number of carboxylic acids is 1. The lowest BCUT2D eigenvalue weighted by atomic mass is 10.1. The number of benzene rings is 2. The van der Waals surface area contributed by atoms with Crippen LogP contribution < -0.4 is 19.7 Å². The van der Waals surface area contributed by atoms with E-state index >= 15 is 0 Å². The molecule has 140 valence electrons. The molecule has 2 N–H and O–H groups in total. The van der Waals surface area contributed by atoms with Crippen molar-refractivity contribution >= 4 is 23.6 Å². The third-order valence-electron chi connectivity index (χ3n) is 3.91. The molecular weight excluding hydrogens is 352 g/mol. The van der Waals surface area contributed by atoms with Crippen LogP contribution in [-0.4, -0.2) is 36.2 Å². The van der Waals surface area contributed by atoms with Crippen LogP contribution in [-0.2, 0) is 4.79 Å². The third kappa shape index (κ3) is 4.17. The van der Waals surface area contributed by atoms with Crippen molar-refractivity contribution in [2.75, 3.05) is 18.1 Å². The summed E-state index contributed by atoms with van der Waals surface area (Å²) in [6, 6.07) is 10.5. The van der Waals surface area contributed by atoms with Gasteiger partial charge in [-0.1, -0.05) is 0 Å². The summed E-state index contributed by atoms with van der Waals surface area (Å²) in [5.74, 6) is -0.0119. The van der Waals surface area contributed by atoms with E-state index in [0.29, 0.717) is 23.9 Å². The zero-order chi connectivity index (χ0) is 19.4. The Labute approximate surface area is 155 Å². The summed E-state index contributed by atoms with van der Waals surface area (Å²) in [7, 11) is 0. The second kappa shape index (κ2) is 7.77. The zero-order valence-electron chi connectivity index (χ0n) is 14.6. The van der Waals surface area contributed by atoms with Gasteiger partial charge in [0, 0.05) is 13.0 Å². The van der Waals surface area contributed by atoms with Gasteiger partial charge >= 0.3 is 12.0 Å². The number of nitrogens with one attached hydrogen (secondary N) is 1. The van der Waals surface area contributed by atoms with Gasteiger partial charge in [0.1, 0.15) is 11.5 Å². The zero-order valence-corrected chi connectivity index (χ0v) is 14.6. The van der Waals surface area contributed by atoms with Gasteiger partial charge < -0.3 is 14.6 Å². The van der Waals surface area contributed by atoms with E-state index in [1.165, 1.54) is 23.1 Å². The highest BCUT2D eigenvalue weighted by atomic mass is 16.5. The van der Waals surface area contributed by atoms with Crippen LogP contribution in [0.2, 0.25) is 0 Å². The van der Waals surface area contributed by atoms with Crippen molar-refractivity contribution in [3.05, 3.63) is 48.0 Å². The molecule has 1 saturated heterocycles. The molecule has 2 aromatic carbocycles. The second-order valence-electron chi connectivity index (χ2n) is 5.75. The van der Waals surface area contributed by atoms with Gasteiger partial charge in [-0.05, 0) is 49.4 Å². The monoisotopic (exact) mass is 370 g/mol. The lowest BCUT2D eigenvalue weighted by Gasteiger charge is -2.28. The highest BCUT2D eigenvalue weighted by molar-refractivity contribution is 6.06. The molecule has 0 aliphatic carbocycles. The van der Waals surface area contributed by atoms with Gasteiger partial charge in [-0.2, -0.15) is 0 Å². The Balaban J connectivity index is 1.93. The predicted octanol–water partition coefficient (Wildman–Crippen LogP) is 3.02. The molecule has 2 aromatic rings.